The monoisotopic (exact) mass is 352 g/mol. The van der Waals surface area contributed by atoms with Gasteiger partial charge in [0.05, 0.1) is 17.5 Å². The van der Waals surface area contributed by atoms with Crippen LogP contribution < -0.4 is 0 Å². The summed E-state index contributed by atoms with van der Waals surface area (Å²) in [6.07, 6.45) is 0. The first-order chi connectivity index (χ1) is 11.1. The number of ether oxygens (including phenoxy) is 1. The lowest BCUT2D eigenvalue weighted by Crippen LogP contribution is -2.45. The second-order valence-corrected chi connectivity index (χ2v) is 8.35. The Labute approximate surface area is 142 Å². The minimum atomic E-state index is -4.17. The topological polar surface area (TPSA) is 95.0 Å². The van der Waals surface area contributed by atoms with Crippen molar-refractivity contribution in [1.82, 2.24) is 4.90 Å². The summed E-state index contributed by atoms with van der Waals surface area (Å²) in [4.78, 5) is 4.27. The molecule has 0 spiro atoms. The lowest BCUT2D eigenvalue weighted by atomic mass is 10.0. The summed E-state index contributed by atoms with van der Waals surface area (Å²) >= 11 is 0. The molecule has 1 aromatic rings. The first kappa shape index (κ1) is 18.2. The highest BCUT2D eigenvalue weighted by Crippen LogP contribution is 2.36. The van der Waals surface area contributed by atoms with Gasteiger partial charge in [-0.25, -0.2) is 8.42 Å². The zero-order valence-electron chi connectivity index (χ0n) is 14.2. The van der Waals surface area contributed by atoms with Crippen molar-refractivity contribution in [2.24, 2.45) is 5.92 Å². The number of aliphatic hydroxyl groups excluding tert-OH is 1. The summed E-state index contributed by atoms with van der Waals surface area (Å²) in [6.45, 7) is 7.65. The Morgan fingerprint density at radius 3 is 2.46 bits per heavy atom. The van der Waals surface area contributed by atoms with Crippen molar-refractivity contribution in [3.05, 3.63) is 46.2 Å². The third kappa shape index (κ3) is 3.09. The van der Waals surface area contributed by atoms with Gasteiger partial charge in [-0.15, -0.1) is 0 Å². The molecule has 0 radical (unpaired) electrons. The number of diazo groups is 1. The second kappa shape index (κ2) is 6.42. The van der Waals surface area contributed by atoms with Crippen molar-refractivity contribution in [3.63, 3.8) is 0 Å². The summed E-state index contributed by atoms with van der Waals surface area (Å²) in [7, 11) is -4.17. The molecule has 2 rings (SSSR count). The number of hydrogen-bond acceptors (Lipinski definition) is 6. The molecule has 0 bridgehead atoms. The van der Waals surface area contributed by atoms with E-state index in [1.54, 1.807) is 32.0 Å². The van der Waals surface area contributed by atoms with Gasteiger partial charge in [-0.3, -0.25) is 0 Å². The zero-order chi connectivity index (χ0) is 18.1. The maximum atomic E-state index is 12.7. The Hall–Kier alpha value is -2.11. The number of aliphatic hydroxyl groups is 1. The summed E-state index contributed by atoms with van der Waals surface area (Å²) < 4.78 is 31.1. The standard InChI is InChI=1S/C16H21N3O4S/c1-11(2)13-10-23-16(3,4)19(13)15(20)14(18-17)24(21,22)12-8-6-5-7-9-12/h5-9,11,13H,10H2,1-4H3/p+1/b15-14-/t13-/m1/s1. The van der Waals surface area contributed by atoms with Crippen LogP contribution >= 0.6 is 0 Å². The molecule has 0 aromatic heterocycles. The van der Waals surface area contributed by atoms with Crippen LogP contribution in [-0.4, -0.2) is 36.8 Å². The van der Waals surface area contributed by atoms with Crippen molar-refractivity contribution in [3.8, 4) is 0 Å². The number of nitrogens with zero attached hydrogens (tertiary/aromatic N) is 3. The Kier molecular flexibility index (Phi) is 4.87. The van der Waals surface area contributed by atoms with Crippen LogP contribution in [0, 0.1) is 11.3 Å². The summed E-state index contributed by atoms with van der Waals surface area (Å²) in [5.41, 5.74) is -0.929. The molecular weight excluding hydrogens is 330 g/mol. The van der Waals surface area contributed by atoms with Crippen LogP contribution in [0.2, 0.25) is 0 Å². The number of sulfone groups is 1. The smallest absolute Gasteiger partial charge is 0.488 e. The molecule has 1 atom stereocenters. The van der Waals surface area contributed by atoms with Gasteiger partial charge in [-0.2, -0.15) is 0 Å². The predicted molar refractivity (Wildman–Crippen MR) is 88.9 cm³/mol. The molecule has 1 heterocycles. The molecule has 1 saturated heterocycles. The fraction of sp³-hybridized carbons (Fsp3) is 0.500. The molecule has 1 aliphatic heterocycles. The first-order valence-electron chi connectivity index (χ1n) is 7.64. The SMILES string of the molecule is CC(C)[C@H]1COC(C)(C)N1/C(O)=C(\[N+]#N)S(=O)(=O)c1ccccc1. The van der Waals surface area contributed by atoms with E-state index in [9.17, 15) is 18.9 Å². The minimum absolute atomic E-state index is 0.0663. The van der Waals surface area contributed by atoms with Gasteiger partial charge in [0, 0.05) is 0 Å². The largest absolute Gasteiger partial charge is 0.537 e. The van der Waals surface area contributed by atoms with E-state index in [-0.39, 0.29) is 16.9 Å². The van der Waals surface area contributed by atoms with E-state index < -0.39 is 26.5 Å². The van der Waals surface area contributed by atoms with Gasteiger partial charge in [0.25, 0.3) is 9.84 Å². The average molecular weight is 352 g/mol. The minimum Gasteiger partial charge on any atom is -0.488 e. The molecular formula is C16H22N3O4S+. The van der Waals surface area contributed by atoms with Crippen LogP contribution in [0.4, 0.5) is 0 Å². The zero-order valence-corrected chi connectivity index (χ0v) is 15.0. The number of rotatable bonds is 4. The molecule has 1 aliphatic rings. The van der Waals surface area contributed by atoms with E-state index in [4.69, 9.17) is 4.74 Å². The van der Waals surface area contributed by atoms with E-state index in [2.05, 4.69) is 4.98 Å². The van der Waals surface area contributed by atoms with Crippen LogP contribution in [0.5, 0.6) is 0 Å². The third-order valence-corrected chi connectivity index (χ3v) is 5.77. The molecule has 0 amide bonds. The average Bonchev–Trinajstić information content (AvgIpc) is 2.84. The molecule has 1 aromatic carbocycles. The van der Waals surface area contributed by atoms with Crippen molar-refractivity contribution in [2.75, 3.05) is 6.61 Å². The maximum Gasteiger partial charge on any atom is 0.537 e. The molecule has 0 aliphatic carbocycles. The molecule has 8 heteroatoms. The van der Waals surface area contributed by atoms with E-state index in [1.807, 2.05) is 13.8 Å². The van der Waals surface area contributed by atoms with Crippen LogP contribution in [0.15, 0.2) is 46.1 Å². The third-order valence-electron chi connectivity index (χ3n) is 4.11. The lowest BCUT2D eigenvalue weighted by molar-refractivity contribution is -0.0573. The Bertz CT molecular complexity index is 779. The van der Waals surface area contributed by atoms with Crippen molar-refractivity contribution < 1.29 is 18.3 Å². The Morgan fingerprint density at radius 1 is 1.38 bits per heavy atom. The normalized spacial score (nSPS) is 21.5. The van der Waals surface area contributed by atoms with Crippen molar-refractivity contribution in [1.29, 1.82) is 5.39 Å². The second-order valence-electron chi connectivity index (χ2n) is 6.48. The predicted octanol–water partition coefficient (Wildman–Crippen LogP) is 3.09. The highest BCUT2D eigenvalue weighted by Gasteiger charge is 2.49. The molecule has 24 heavy (non-hydrogen) atoms. The van der Waals surface area contributed by atoms with Gasteiger partial charge in [0.15, 0.2) is 4.98 Å². The fourth-order valence-corrected chi connectivity index (χ4v) is 3.95. The lowest BCUT2D eigenvalue weighted by Gasteiger charge is -2.34. The molecule has 7 nitrogen and oxygen atoms in total. The van der Waals surface area contributed by atoms with E-state index in [1.165, 1.54) is 17.0 Å². The van der Waals surface area contributed by atoms with Crippen LogP contribution in [0.1, 0.15) is 27.7 Å². The molecule has 130 valence electrons. The highest BCUT2D eigenvalue weighted by molar-refractivity contribution is 7.95. The summed E-state index contributed by atoms with van der Waals surface area (Å²) in [6, 6.07) is 7.28. The molecule has 1 fully saturated rings. The van der Waals surface area contributed by atoms with Crippen molar-refractivity contribution in [2.45, 2.75) is 44.4 Å². The van der Waals surface area contributed by atoms with Gasteiger partial charge < -0.3 is 14.7 Å². The van der Waals surface area contributed by atoms with E-state index >= 15 is 0 Å². The van der Waals surface area contributed by atoms with Crippen LogP contribution in [-0.2, 0) is 14.6 Å². The summed E-state index contributed by atoms with van der Waals surface area (Å²) in [5, 5.41) is 19.2. The Balaban J connectivity index is 2.60. The molecule has 0 unspecified atom stereocenters. The van der Waals surface area contributed by atoms with Gasteiger partial charge in [0.1, 0.15) is 5.72 Å². The number of benzene rings is 1. The van der Waals surface area contributed by atoms with E-state index in [0.29, 0.717) is 6.61 Å². The number of hydrogen-bond donors (Lipinski definition) is 1. The van der Waals surface area contributed by atoms with Gasteiger partial charge in [-0.05, 0) is 31.9 Å². The molecule has 1 N–H and O–H groups in total. The van der Waals surface area contributed by atoms with Gasteiger partial charge in [0.2, 0.25) is 5.39 Å². The maximum absolute atomic E-state index is 12.7. The van der Waals surface area contributed by atoms with E-state index in [0.717, 1.165) is 0 Å². The quantitative estimate of drug-likeness (QED) is 0.661. The Morgan fingerprint density at radius 2 is 1.96 bits per heavy atom. The van der Waals surface area contributed by atoms with Crippen LogP contribution in [0.25, 0.3) is 4.98 Å². The van der Waals surface area contributed by atoms with Crippen LogP contribution in [0.3, 0.4) is 0 Å². The summed E-state index contributed by atoms with van der Waals surface area (Å²) in [5.74, 6) is -0.532. The van der Waals surface area contributed by atoms with Crippen molar-refractivity contribution >= 4 is 9.84 Å². The van der Waals surface area contributed by atoms with Gasteiger partial charge in [-0.1, -0.05) is 32.0 Å². The fourth-order valence-electron chi connectivity index (χ4n) is 2.77. The van der Waals surface area contributed by atoms with Gasteiger partial charge >= 0.3 is 10.9 Å². The first-order valence-corrected chi connectivity index (χ1v) is 9.13. The molecule has 0 saturated carbocycles. The highest BCUT2D eigenvalue weighted by atomic mass is 32.2.